The lowest BCUT2D eigenvalue weighted by Gasteiger charge is -2.26. The van der Waals surface area contributed by atoms with Crippen molar-refractivity contribution in [1.29, 1.82) is 0 Å². The Labute approximate surface area is 82.7 Å². The minimum absolute atomic E-state index is 0.376. The van der Waals surface area contributed by atoms with Gasteiger partial charge in [0, 0.05) is 19.6 Å². The molecule has 0 fully saturated rings. The first-order chi connectivity index (χ1) is 5.95. The summed E-state index contributed by atoms with van der Waals surface area (Å²) in [5, 5.41) is 3.17. The highest BCUT2D eigenvalue weighted by molar-refractivity contribution is 4.86. The second-order valence-corrected chi connectivity index (χ2v) is 4.68. The number of nitrogens with one attached hydrogen (secondary N) is 1. The molecule has 0 radical (unpaired) electrons. The molecule has 0 bridgehead atoms. The van der Waals surface area contributed by atoms with E-state index in [9.17, 15) is 0 Å². The molecule has 0 aliphatic rings. The lowest BCUT2D eigenvalue weighted by molar-refractivity contribution is 0.228. The van der Waals surface area contributed by atoms with E-state index in [1.807, 2.05) is 0 Å². The summed E-state index contributed by atoms with van der Waals surface area (Å²) in [5.74, 6) is 2.56. The average Bonchev–Trinajstić information content (AvgIpc) is 1.94. The van der Waals surface area contributed by atoms with E-state index in [0.29, 0.717) is 12.0 Å². The van der Waals surface area contributed by atoms with Crippen LogP contribution in [0.4, 0.5) is 0 Å². The van der Waals surface area contributed by atoms with Crippen molar-refractivity contribution in [2.75, 3.05) is 33.2 Å². The van der Waals surface area contributed by atoms with Gasteiger partial charge in [-0.05, 0) is 12.5 Å². The summed E-state index contributed by atoms with van der Waals surface area (Å²) >= 11 is 0. The van der Waals surface area contributed by atoms with Gasteiger partial charge in [-0.3, -0.25) is 0 Å². The van der Waals surface area contributed by atoms with Crippen molar-refractivity contribution in [3.63, 3.8) is 0 Å². The minimum atomic E-state index is 0.376. The standard InChI is InChI=1S/C11H22N2/c1-6-7-12-8-9-13(5)10-11(2,3)4/h1,12H,7-10H2,2-5H3. The van der Waals surface area contributed by atoms with Gasteiger partial charge in [-0.1, -0.05) is 26.7 Å². The number of rotatable bonds is 5. The molecular formula is C11H22N2. The number of likely N-dealkylation sites (N-methyl/N-ethyl adjacent to an activating group) is 1. The Morgan fingerprint density at radius 2 is 2.00 bits per heavy atom. The van der Waals surface area contributed by atoms with Crippen LogP contribution in [0.3, 0.4) is 0 Å². The van der Waals surface area contributed by atoms with E-state index in [0.717, 1.165) is 19.6 Å². The molecular weight excluding hydrogens is 160 g/mol. The number of hydrogen-bond acceptors (Lipinski definition) is 2. The van der Waals surface area contributed by atoms with Crippen molar-refractivity contribution < 1.29 is 0 Å². The molecule has 0 aromatic carbocycles. The van der Waals surface area contributed by atoms with Crippen LogP contribution in [0.15, 0.2) is 0 Å². The highest BCUT2D eigenvalue weighted by Crippen LogP contribution is 2.13. The van der Waals surface area contributed by atoms with Gasteiger partial charge >= 0.3 is 0 Å². The maximum absolute atomic E-state index is 5.12. The molecule has 13 heavy (non-hydrogen) atoms. The van der Waals surface area contributed by atoms with E-state index >= 15 is 0 Å². The highest BCUT2D eigenvalue weighted by Gasteiger charge is 2.12. The van der Waals surface area contributed by atoms with Gasteiger partial charge < -0.3 is 10.2 Å². The normalized spacial score (nSPS) is 11.7. The quantitative estimate of drug-likeness (QED) is 0.507. The van der Waals surface area contributed by atoms with Gasteiger partial charge in [0.05, 0.1) is 6.54 Å². The summed E-state index contributed by atoms with van der Waals surface area (Å²) in [6, 6.07) is 0. The number of hydrogen-bond donors (Lipinski definition) is 1. The van der Waals surface area contributed by atoms with Gasteiger partial charge in [-0.2, -0.15) is 0 Å². The molecule has 0 aromatic rings. The molecule has 0 aliphatic heterocycles. The van der Waals surface area contributed by atoms with Crippen LogP contribution < -0.4 is 5.32 Å². The van der Waals surface area contributed by atoms with Crippen molar-refractivity contribution in [3.8, 4) is 12.3 Å². The third-order valence-corrected chi connectivity index (χ3v) is 1.64. The fourth-order valence-corrected chi connectivity index (χ4v) is 1.32. The third-order valence-electron chi connectivity index (χ3n) is 1.64. The Morgan fingerprint density at radius 3 is 2.46 bits per heavy atom. The maximum Gasteiger partial charge on any atom is 0.0574 e. The predicted octanol–water partition coefficient (Wildman–Crippen LogP) is 1.19. The van der Waals surface area contributed by atoms with Crippen molar-refractivity contribution in [3.05, 3.63) is 0 Å². The zero-order valence-electron chi connectivity index (χ0n) is 9.35. The molecule has 76 valence electrons. The van der Waals surface area contributed by atoms with Crippen LogP contribution in [-0.2, 0) is 0 Å². The molecule has 0 aliphatic carbocycles. The fraction of sp³-hybridized carbons (Fsp3) is 0.818. The second-order valence-electron chi connectivity index (χ2n) is 4.68. The van der Waals surface area contributed by atoms with E-state index in [1.165, 1.54) is 0 Å². The Morgan fingerprint density at radius 1 is 1.38 bits per heavy atom. The van der Waals surface area contributed by atoms with Crippen LogP contribution in [0.25, 0.3) is 0 Å². The molecule has 1 N–H and O–H groups in total. The first-order valence-corrected chi connectivity index (χ1v) is 4.78. The lowest BCUT2D eigenvalue weighted by atomic mass is 9.96. The summed E-state index contributed by atoms with van der Waals surface area (Å²) in [6.45, 7) is 10.6. The SMILES string of the molecule is C#CCNCCN(C)CC(C)(C)C. The smallest absolute Gasteiger partial charge is 0.0574 e. The van der Waals surface area contributed by atoms with Gasteiger partial charge in [0.1, 0.15) is 0 Å². The Kier molecular flexibility index (Phi) is 5.77. The van der Waals surface area contributed by atoms with E-state index < -0.39 is 0 Å². The largest absolute Gasteiger partial charge is 0.305 e. The molecule has 0 aromatic heterocycles. The van der Waals surface area contributed by atoms with Crippen molar-refractivity contribution in [2.24, 2.45) is 5.41 Å². The molecule has 2 heteroatoms. The zero-order valence-corrected chi connectivity index (χ0v) is 9.35. The number of terminal acetylenes is 1. The van der Waals surface area contributed by atoms with Gasteiger partial charge in [-0.15, -0.1) is 6.42 Å². The van der Waals surface area contributed by atoms with Crippen LogP contribution in [0.2, 0.25) is 0 Å². The monoisotopic (exact) mass is 182 g/mol. The fourth-order valence-electron chi connectivity index (χ4n) is 1.32. The van der Waals surface area contributed by atoms with E-state index in [4.69, 9.17) is 6.42 Å². The summed E-state index contributed by atoms with van der Waals surface area (Å²) in [4.78, 5) is 2.32. The van der Waals surface area contributed by atoms with Crippen LogP contribution in [0.5, 0.6) is 0 Å². The van der Waals surface area contributed by atoms with Crippen LogP contribution in [-0.4, -0.2) is 38.1 Å². The predicted molar refractivity (Wildman–Crippen MR) is 58.7 cm³/mol. The minimum Gasteiger partial charge on any atom is -0.305 e. The molecule has 0 atom stereocenters. The summed E-state index contributed by atoms with van der Waals surface area (Å²) < 4.78 is 0. The molecule has 0 saturated heterocycles. The van der Waals surface area contributed by atoms with Gasteiger partial charge in [-0.25, -0.2) is 0 Å². The molecule has 0 rings (SSSR count). The molecule has 0 heterocycles. The number of nitrogens with zero attached hydrogens (tertiary/aromatic N) is 1. The van der Waals surface area contributed by atoms with Crippen molar-refractivity contribution in [2.45, 2.75) is 20.8 Å². The van der Waals surface area contributed by atoms with Crippen molar-refractivity contribution >= 4 is 0 Å². The van der Waals surface area contributed by atoms with Gasteiger partial charge in [0.25, 0.3) is 0 Å². The molecule has 0 saturated carbocycles. The Hall–Kier alpha value is -0.520. The molecule has 0 amide bonds. The van der Waals surface area contributed by atoms with Gasteiger partial charge in [0.15, 0.2) is 0 Å². The first-order valence-electron chi connectivity index (χ1n) is 4.78. The zero-order chi connectivity index (χ0) is 10.3. The van der Waals surface area contributed by atoms with Crippen molar-refractivity contribution in [1.82, 2.24) is 10.2 Å². The summed E-state index contributed by atoms with van der Waals surface area (Å²) in [5.41, 5.74) is 0.376. The van der Waals surface area contributed by atoms with E-state index in [-0.39, 0.29) is 0 Å². The Balaban J connectivity index is 3.42. The lowest BCUT2D eigenvalue weighted by Crippen LogP contribution is -2.34. The van der Waals surface area contributed by atoms with E-state index in [1.54, 1.807) is 0 Å². The molecule has 0 unspecified atom stereocenters. The van der Waals surface area contributed by atoms with Crippen LogP contribution in [0.1, 0.15) is 20.8 Å². The van der Waals surface area contributed by atoms with Crippen LogP contribution in [0, 0.1) is 17.8 Å². The average molecular weight is 182 g/mol. The maximum atomic E-state index is 5.12. The summed E-state index contributed by atoms with van der Waals surface area (Å²) in [7, 11) is 2.14. The van der Waals surface area contributed by atoms with Crippen LogP contribution >= 0.6 is 0 Å². The summed E-state index contributed by atoms with van der Waals surface area (Å²) in [6.07, 6.45) is 5.12. The first kappa shape index (κ1) is 12.5. The highest BCUT2D eigenvalue weighted by atomic mass is 15.1. The third kappa shape index (κ3) is 9.39. The van der Waals surface area contributed by atoms with Gasteiger partial charge in [0.2, 0.25) is 0 Å². The van der Waals surface area contributed by atoms with E-state index in [2.05, 4.69) is 44.0 Å². The molecule has 0 spiro atoms. The second kappa shape index (κ2) is 6.01. The molecule has 2 nitrogen and oxygen atoms in total. The topological polar surface area (TPSA) is 15.3 Å². The Bertz CT molecular complexity index is 162.